The summed E-state index contributed by atoms with van der Waals surface area (Å²) in [7, 11) is -3.74. The Morgan fingerprint density at radius 2 is 1.75 bits per heavy atom. The van der Waals surface area contributed by atoms with Gasteiger partial charge < -0.3 is 5.32 Å². The summed E-state index contributed by atoms with van der Waals surface area (Å²) in [6, 6.07) is 12.8. The molecule has 0 aliphatic heterocycles. The molecule has 5 nitrogen and oxygen atoms in total. The molecule has 104 valence electrons. The van der Waals surface area contributed by atoms with Crippen molar-refractivity contribution < 1.29 is 13.2 Å². The summed E-state index contributed by atoms with van der Waals surface area (Å²) >= 11 is 0. The molecule has 0 aliphatic rings. The van der Waals surface area contributed by atoms with Crippen LogP contribution >= 0.6 is 0 Å². The van der Waals surface area contributed by atoms with E-state index >= 15 is 0 Å². The van der Waals surface area contributed by atoms with Gasteiger partial charge >= 0.3 is 0 Å². The van der Waals surface area contributed by atoms with Gasteiger partial charge in [-0.15, -0.1) is 0 Å². The Bertz CT molecular complexity index is 737. The highest BCUT2D eigenvalue weighted by Crippen LogP contribution is 2.13. The van der Waals surface area contributed by atoms with Crippen molar-refractivity contribution in [3.8, 4) is 0 Å². The third-order valence-electron chi connectivity index (χ3n) is 2.72. The zero-order valence-electron chi connectivity index (χ0n) is 10.8. The van der Waals surface area contributed by atoms with E-state index in [2.05, 4.69) is 5.32 Å². The number of hydrogen-bond acceptors (Lipinski definition) is 3. The summed E-state index contributed by atoms with van der Waals surface area (Å²) < 4.78 is 22.2. The first-order valence-electron chi connectivity index (χ1n) is 5.87. The minimum absolute atomic E-state index is 0.0235. The molecular weight excluding hydrogens is 276 g/mol. The van der Waals surface area contributed by atoms with Crippen LogP contribution in [-0.2, 0) is 10.0 Å². The second-order valence-corrected chi connectivity index (χ2v) is 5.95. The number of nitrogens with one attached hydrogen (secondary N) is 1. The topological polar surface area (TPSA) is 89.3 Å². The zero-order valence-corrected chi connectivity index (χ0v) is 11.6. The monoisotopic (exact) mass is 290 g/mol. The lowest BCUT2D eigenvalue weighted by atomic mass is 10.2. The SMILES string of the molecule is Cc1cccc(NC(=O)c2ccc(S(N)(=O)=O)cc2)c1. The Morgan fingerprint density at radius 1 is 1.10 bits per heavy atom. The summed E-state index contributed by atoms with van der Waals surface area (Å²) in [5.41, 5.74) is 2.08. The average molecular weight is 290 g/mol. The molecular formula is C14H14N2O3S. The van der Waals surface area contributed by atoms with Gasteiger partial charge in [-0.2, -0.15) is 0 Å². The molecule has 20 heavy (non-hydrogen) atoms. The van der Waals surface area contributed by atoms with Crippen LogP contribution in [0.5, 0.6) is 0 Å². The third-order valence-corrected chi connectivity index (χ3v) is 3.65. The zero-order chi connectivity index (χ0) is 14.8. The van der Waals surface area contributed by atoms with Crippen LogP contribution in [0.4, 0.5) is 5.69 Å². The smallest absolute Gasteiger partial charge is 0.255 e. The van der Waals surface area contributed by atoms with Crippen LogP contribution < -0.4 is 10.5 Å². The fraction of sp³-hybridized carbons (Fsp3) is 0.0714. The lowest BCUT2D eigenvalue weighted by Gasteiger charge is -2.06. The van der Waals surface area contributed by atoms with E-state index in [1.807, 2.05) is 25.1 Å². The first-order chi connectivity index (χ1) is 9.36. The number of nitrogens with two attached hydrogens (primary N) is 1. The molecule has 0 saturated carbocycles. The first-order valence-corrected chi connectivity index (χ1v) is 7.42. The Labute approximate surface area is 117 Å². The van der Waals surface area contributed by atoms with Crippen molar-refractivity contribution >= 4 is 21.6 Å². The lowest BCUT2D eigenvalue weighted by Crippen LogP contribution is -2.14. The molecule has 0 aromatic heterocycles. The molecule has 6 heteroatoms. The van der Waals surface area contributed by atoms with Gasteiger partial charge in [-0.25, -0.2) is 13.6 Å². The second kappa shape index (κ2) is 5.44. The van der Waals surface area contributed by atoms with E-state index in [9.17, 15) is 13.2 Å². The van der Waals surface area contributed by atoms with Crippen LogP contribution in [0.25, 0.3) is 0 Å². The van der Waals surface area contributed by atoms with Crippen LogP contribution in [0, 0.1) is 6.92 Å². The molecule has 0 saturated heterocycles. The van der Waals surface area contributed by atoms with Crippen molar-refractivity contribution in [2.24, 2.45) is 5.14 Å². The second-order valence-electron chi connectivity index (χ2n) is 4.39. The number of sulfonamides is 1. The number of amides is 1. The molecule has 2 aromatic rings. The number of hydrogen-bond donors (Lipinski definition) is 2. The van der Waals surface area contributed by atoms with Gasteiger partial charge in [-0.05, 0) is 48.9 Å². The van der Waals surface area contributed by atoms with Gasteiger partial charge in [-0.1, -0.05) is 12.1 Å². The van der Waals surface area contributed by atoms with Gasteiger partial charge in [0, 0.05) is 11.3 Å². The predicted octanol–water partition coefficient (Wildman–Crippen LogP) is 1.89. The molecule has 0 radical (unpaired) electrons. The predicted molar refractivity (Wildman–Crippen MR) is 76.9 cm³/mol. The molecule has 0 atom stereocenters. The number of carbonyl (C=O) groups is 1. The van der Waals surface area contributed by atoms with Gasteiger partial charge in [0.2, 0.25) is 10.0 Å². The van der Waals surface area contributed by atoms with Crippen molar-refractivity contribution in [3.05, 3.63) is 59.7 Å². The molecule has 0 aliphatic carbocycles. The van der Waals surface area contributed by atoms with Crippen LogP contribution in [0.1, 0.15) is 15.9 Å². The van der Waals surface area contributed by atoms with Crippen molar-refractivity contribution in [1.82, 2.24) is 0 Å². The van der Waals surface area contributed by atoms with E-state index < -0.39 is 10.0 Å². The van der Waals surface area contributed by atoms with E-state index in [1.165, 1.54) is 24.3 Å². The summed E-state index contributed by atoms with van der Waals surface area (Å²) in [5, 5.41) is 7.73. The largest absolute Gasteiger partial charge is 0.322 e. The van der Waals surface area contributed by atoms with Gasteiger partial charge in [-0.3, -0.25) is 4.79 Å². The highest BCUT2D eigenvalue weighted by Gasteiger charge is 2.10. The van der Waals surface area contributed by atoms with E-state index in [0.717, 1.165) is 5.56 Å². The van der Waals surface area contributed by atoms with Crippen LogP contribution in [0.2, 0.25) is 0 Å². The highest BCUT2D eigenvalue weighted by molar-refractivity contribution is 7.89. The molecule has 1 amide bonds. The maximum Gasteiger partial charge on any atom is 0.255 e. The number of aryl methyl sites for hydroxylation is 1. The number of primary sulfonamides is 1. The Morgan fingerprint density at radius 3 is 2.30 bits per heavy atom. The summed E-state index contributed by atoms with van der Waals surface area (Å²) in [6.45, 7) is 1.93. The molecule has 0 unspecified atom stereocenters. The fourth-order valence-electron chi connectivity index (χ4n) is 1.72. The number of rotatable bonds is 3. The average Bonchev–Trinajstić information content (AvgIpc) is 2.38. The summed E-state index contributed by atoms with van der Waals surface area (Å²) in [6.07, 6.45) is 0. The fourth-order valence-corrected chi connectivity index (χ4v) is 2.24. The van der Waals surface area contributed by atoms with Gasteiger partial charge in [0.05, 0.1) is 4.90 Å². The first kappa shape index (κ1) is 14.2. The molecule has 0 heterocycles. The van der Waals surface area contributed by atoms with Gasteiger partial charge in [0.15, 0.2) is 0 Å². The quantitative estimate of drug-likeness (QED) is 0.904. The van der Waals surface area contributed by atoms with Crippen LogP contribution in [0.3, 0.4) is 0 Å². The summed E-state index contributed by atoms with van der Waals surface area (Å²) in [4.78, 5) is 12.0. The van der Waals surface area contributed by atoms with Crippen molar-refractivity contribution in [1.29, 1.82) is 0 Å². The van der Waals surface area contributed by atoms with E-state index in [-0.39, 0.29) is 10.8 Å². The maximum absolute atomic E-state index is 12.0. The minimum Gasteiger partial charge on any atom is -0.322 e. The van der Waals surface area contributed by atoms with Gasteiger partial charge in [0.1, 0.15) is 0 Å². The Balaban J connectivity index is 2.18. The molecule has 3 N–H and O–H groups in total. The number of benzene rings is 2. The lowest BCUT2D eigenvalue weighted by molar-refractivity contribution is 0.102. The highest BCUT2D eigenvalue weighted by atomic mass is 32.2. The van der Waals surface area contributed by atoms with E-state index in [1.54, 1.807) is 6.07 Å². The van der Waals surface area contributed by atoms with Crippen LogP contribution in [0.15, 0.2) is 53.4 Å². The standard InChI is InChI=1S/C14H14N2O3S/c1-10-3-2-4-12(9-10)16-14(17)11-5-7-13(8-6-11)20(15,18)19/h2-9H,1H3,(H,16,17)(H2,15,18,19). The van der Waals surface area contributed by atoms with E-state index in [0.29, 0.717) is 11.3 Å². The number of carbonyl (C=O) groups excluding carboxylic acids is 1. The van der Waals surface area contributed by atoms with Crippen molar-refractivity contribution in [3.63, 3.8) is 0 Å². The van der Waals surface area contributed by atoms with Crippen molar-refractivity contribution in [2.75, 3.05) is 5.32 Å². The normalized spacial score (nSPS) is 11.1. The molecule has 2 aromatic carbocycles. The molecule has 0 bridgehead atoms. The van der Waals surface area contributed by atoms with Crippen LogP contribution in [-0.4, -0.2) is 14.3 Å². The molecule has 2 rings (SSSR count). The van der Waals surface area contributed by atoms with Gasteiger partial charge in [0.25, 0.3) is 5.91 Å². The summed E-state index contributed by atoms with van der Waals surface area (Å²) in [5.74, 6) is -0.309. The third kappa shape index (κ3) is 3.43. The minimum atomic E-state index is -3.74. The Hall–Kier alpha value is -2.18. The Kier molecular flexibility index (Phi) is 3.87. The van der Waals surface area contributed by atoms with E-state index in [4.69, 9.17) is 5.14 Å². The molecule has 0 spiro atoms. The number of anilines is 1. The van der Waals surface area contributed by atoms with Crippen molar-refractivity contribution in [2.45, 2.75) is 11.8 Å². The maximum atomic E-state index is 12.0. The molecule has 0 fully saturated rings.